The maximum Gasteiger partial charge on any atom is 0.418 e. The predicted molar refractivity (Wildman–Crippen MR) is 50.4 cm³/mol. The van der Waals surface area contributed by atoms with Crippen LogP contribution in [0.3, 0.4) is 0 Å². The molecule has 0 aliphatic rings. The van der Waals surface area contributed by atoms with E-state index in [1.54, 1.807) is 5.32 Å². The first-order valence-electron chi connectivity index (χ1n) is 4.53. The van der Waals surface area contributed by atoms with Crippen molar-refractivity contribution >= 4 is 11.5 Å². The van der Waals surface area contributed by atoms with Crippen LogP contribution in [0, 0.1) is 10.1 Å². The van der Waals surface area contributed by atoms with Crippen molar-refractivity contribution < 1.29 is 31.3 Å². The van der Waals surface area contributed by atoms with Gasteiger partial charge in [-0.2, -0.15) is 26.3 Å². The van der Waals surface area contributed by atoms with Crippen LogP contribution in [0.5, 0.6) is 0 Å². The van der Waals surface area contributed by atoms with Crippen LogP contribution in [0.25, 0.3) is 0 Å². The van der Waals surface area contributed by atoms with Crippen molar-refractivity contribution in [2.24, 2.45) is 0 Å². The van der Waals surface area contributed by atoms with Crippen LogP contribution in [-0.4, -0.2) is 22.6 Å². The van der Waals surface area contributed by atoms with E-state index in [9.17, 15) is 36.5 Å². The van der Waals surface area contributed by atoms with Gasteiger partial charge in [-0.15, -0.1) is 0 Å². The van der Waals surface area contributed by atoms with Crippen molar-refractivity contribution in [1.82, 2.24) is 4.98 Å². The van der Waals surface area contributed by atoms with Crippen LogP contribution in [-0.2, 0) is 6.18 Å². The molecule has 0 aliphatic heterocycles. The summed E-state index contributed by atoms with van der Waals surface area (Å²) in [6.45, 7) is -1.65. The molecule has 0 spiro atoms. The molecule has 0 radical (unpaired) electrons. The average Bonchev–Trinajstić information content (AvgIpc) is 2.23. The first-order valence-corrected chi connectivity index (χ1v) is 4.53. The summed E-state index contributed by atoms with van der Waals surface area (Å²) < 4.78 is 72.5. The Labute approximate surface area is 101 Å². The fourth-order valence-electron chi connectivity index (χ4n) is 1.07. The Morgan fingerprint density at radius 1 is 1.26 bits per heavy atom. The molecule has 1 rings (SSSR count). The van der Waals surface area contributed by atoms with E-state index >= 15 is 0 Å². The standard InChI is InChI=1S/C8H5F6N3O2/c9-7(10,11)3-16-6-5(17(18)19)1-4(2-15-6)8(12,13)14/h1-2H,3H2,(H,15,16). The van der Waals surface area contributed by atoms with Crippen molar-refractivity contribution in [2.75, 3.05) is 11.9 Å². The van der Waals surface area contributed by atoms with Gasteiger partial charge in [-0.05, 0) is 0 Å². The third-order valence-electron chi connectivity index (χ3n) is 1.85. The van der Waals surface area contributed by atoms with E-state index in [0.717, 1.165) is 0 Å². The Morgan fingerprint density at radius 2 is 1.84 bits per heavy atom. The lowest BCUT2D eigenvalue weighted by Gasteiger charge is -2.11. The topological polar surface area (TPSA) is 68.1 Å². The summed E-state index contributed by atoms with van der Waals surface area (Å²) in [5.74, 6) is -0.879. The summed E-state index contributed by atoms with van der Waals surface area (Å²) in [5.41, 5.74) is -2.60. The van der Waals surface area contributed by atoms with E-state index in [2.05, 4.69) is 4.98 Å². The Hall–Kier alpha value is -2.07. The number of hydrogen-bond donors (Lipinski definition) is 1. The highest BCUT2D eigenvalue weighted by Crippen LogP contribution is 2.33. The van der Waals surface area contributed by atoms with Crippen LogP contribution in [0.4, 0.5) is 37.8 Å². The summed E-state index contributed by atoms with van der Waals surface area (Å²) in [6, 6.07) is 0.117. The Balaban J connectivity index is 3.09. The molecule has 0 aromatic carbocycles. The number of alkyl halides is 6. The monoisotopic (exact) mass is 289 g/mol. The van der Waals surface area contributed by atoms with E-state index in [-0.39, 0.29) is 12.3 Å². The number of pyridine rings is 1. The minimum atomic E-state index is -4.87. The second-order valence-electron chi connectivity index (χ2n) is 3.32. The van der Waals surface area contributed by atoms with Gasteiger partial charge < -0.3 is 5.32 Å². The predicted octanol–water partition coefficient (Wildman–Crippen LogP) is 2.98. The lowest BCUT2D eigenvalue weighted by Crippen LogP contribution is -2.22. The van der Waals surface area contributed by atoms with Gasteiger partial charge >= 0.3 is 18.0 Å². The first kappa shape index (κ1) is 15.0. The van der Waals surface area contributed by atoms with Gasteiger partial charge in [0.1, 0.15) is 6.54 Å². The zero-order chi connectivity index (χ0) is 14.8. The Bertz CT molecular complexity index is 484. The molecule has 0 bridgehead atoms. The summed E-state index contributed by atoms with van der Waals surface area (Å²) in [7, 11) is 0. The third-order valence-corrected chi connectivity index (χ3v) is 1.85. The van der Waals surface area contributed by atoms with Crippen LogP contribution >= 0.6 is 0 Å². The largest absolute Gasteiger partial charge is 0.418 e. The van der Waals surface area contributed by atoms with E-state index in [4.69, 9.17) is 0 Å². The lowest BCUT2D eigenvalue weighted by atomic mass is 10.2. The highest BCUT2D eigenvalue weighted by Gasteiger charge is 2.34. The molecule has 19 heavy (non-hydrogen) atoms. The molecule has 0 aliphatic carbocycles. The van der Waals surface area contributed by atoms with Crippen molar-refractivity contribution in [1.29, 1.82) is 0 Å². The Morgan fingerprint density at radius 3 is 2.26 bits per heavy atom. The summed E-state index contributed by atoms with van der Waals surface area (Å²) in [5, 5.41) is 12.1. The second-order valence-corrected chi connectivity index (χ2v) is 3.32. The lowest BCUT2D eigenvalue weighted by molar-refractivity contribution is -0.384. The van der Waals surface area contributed by atoms with Gasteiger partial charge in [-0.1, -0.05) is 0 Å². The molecule has 1 heterocycles. The van der Waals surface area contributed by atoms with Gasteiger partial charge in [-0.25, -0.2) is 4.98 Å². The summed E-state index contributed by atoms with van der Waals surface area (Å²) in [6.07, 6.45) is -9.34. The first-order chi connectivity index (χ1) is 8.50. The quantitative estimate of drug-likeness (QED) is 0.527. The zero-order valence-electron chi connectivity index (χ0n) is 8.84. The molecule has 1 aromatic rings. The van der Waals surface area contributed by atoms with Crippen LogP contribution in [0.2, 0.25) is 0 Å². The van der Waals surface area contributed by atoms with E-state index in [1.165, 1.54) is 0 Å². The highest BCUT2D eigenvalue weighted by molar-refractivity contribution is 5.57. The van der Waals surface area contributed by atoms with Crippen LogP contribution in [0.15, 0.2) is 12.3 Å². The van der Waals surface area contributed by atoms with Crippen LogP contribution < -0.4 is 5.32 Å². The smallest absolute Gasteiger partial charge is 0.355 e. The number of aromatic nitrogens is 1. The third kappa shape index (κ3) is 4.26. The SMILES string of the molecule is O=[N+]([O-])c1cc(C(F)(F)F)cnc1NCC(F)(F)F. The maximum atomic E-state index is 12.3. The normalized spacial score (nSPS) is 12.3. The fraction of sp³-hybridized carbons (Fsp3) is 0.375. The van der Waals surface area contributed by atoms with Gasteiger partial charge in [0.05, 0.1) is 10.5 Å². The van der Waals surface area contributed by atoms with Crippen molar-refractivity contribution in [3.8, 4) is 0 Å². The molecule has 11 heteroatoms. The Kier molecular flexibility index (Phi) is 3.86. The van der Waals surface area contributed by atoms with Gasteiger partial charge in [0, 0.05) is 12.3 Å². The van der Waals surface area contributed by atoms with E-state index in [1.807, 2.05) is 0 Å². The summed E-state index contributed by atoms with van der Waals surface area (Å²) >= 11 is 0. The molecule has 5 nitrogen and oxygen atoms in total. The maximum absolute atomic E-state index is 12.3. The molecule has 0 saturated carbocycles. The zero-order valence-corrected chi connectivity index (χ0v) is 8.84. The van der Waals surface area contributed by atoms with Crippen LogP contribution in [0.1, 0.15) is 5.56 Å². The number of halogens is 6. The minimum Gasteiger partial charge on any atom is -0.355 e. The number of rotatable bonds is 3. The van der Waals surface area contributed by atoms with Crippen molar-refractivity contribution in [2.45, 2.75) is 12.4 Å². The van der Waals surface area contributed by atoms with Crippen molar-refractivity contribution in [3.05, 3.63) is 27.9 Å². The summed E-state index contributed by atoms with van der Waals surface area (Å²) in [4.78, 5) is 12.2. The molecule has 0 atom stereocenters. The number of nitro groups is 1. The van der Waals surface area contributed by atoms with E-state index < -0.39 is 40.9 Å². The molecular weight excluding hydrogens is 284 g/mol. The van der Waals surface area contributed by atoms with Gasteiger partial charge in [0.2, 0.25) is 5.82 Å². The molecule has 0 amide bonds. The fourth-order valence-corrected chi connectivity index (χ4v) is 1.07. The van der Waals surface area contributed by atoms with E-state index in [0.29, 0.717) is 0 Å². The molecule has 106 valence electrons. The second kappa shape index (κ2) is 4.90. The molecule has 0 fully saturated rings. The number of hydrogen-bond acceptors (Lipinski definition) is 4. The molecule has 0 saturated heterocycles. The van der Waals surface area contributed by atoms with Gasteiger partial charge in [0.25, 0.3) is 0 Å². The van der Waals surface area contributed by atoms with Crippen molar-refractivity contribution in [3.63, 3.8) is 0 Å². The molecule has 1 N–H and O–H groups in total. The number of anilines is 1. The average molecular weight is 289 g/mol. The van der Waals surface area contributed by atoms with Gasteiger partial charge in [0.15, 0.2) is 0 Å². The number of nitrogens with one attached hydrogen (secondary N) is 1. The molecular formula is C8H5F6N3O2. The minimum absolute atomic E-state index is 0.117. The molecule has 0 unspecified atom stereocenters. The van der Waals surface area contributed by atoms with Gasteiger partial charge in [-0.3, -0.25) is 10.1 Å². The number of nitrogens with zero attached hydrogens (tertiary/aromatic N) is 2. The highest BCUT2D eigenvalue weighted by atomic mass is 19.4. The molecule has 1 aromatic heterocycles.